The van der Waals surface area contributed by atoms with Crippen molar-refractivity contribution in [2.75, 3.05) is 6.54 Å². The Morgan fingerprint density at radius 1 is 0.494 bits per heavy atom. The zero-order valence-corrected chi connectivity index (χ0v) is 47.9. The van der Waals surface area contributed by atoms with Crippen molar-refractivity contribution in [3.63, 3.8) is 0 Å². The number of aliphatic imine (C=N–C) groups is 1. The molecule has 9 atom stereocenters. The number of aliphatic hydroxyl groups is 1. The van der Waals surface area contributed by atoms with E-state index in [2.05, 4.69) is 47.2 Å². The highest BCUT2D eigenvalue weighted by atomic mass is 16.4. The third-order valence-corrected chi connectivity index (χ3v) is 14.1. The number of hydrogen-bond acceptors (Lipinski definition) is 13. The Balaban J connectivity index is 1.24. The van der Waals surface area contributed by atoms with Crippen LogP contribution in [0.25, 0.3) is 10.9 Å². The highest BCUT2D eigenvalue weighted by Crippen LogP contribution is 2.20. The van der Waals surface area contributed by atoms with E-state index in [9.17, 15) is 58.5 Å². The summed E-state index contributed by atoms with van der Waals surface area (Å²) in [6.45, 7) is 1.16. The number of carboxylic acid groups (broad SMARTS) is 1. The van der Waals surface area contributed by atoms with Gasteiger partial charge in [0.05, 0.1) is 12.1 Å². The number of aromatic nitrogens is 1. The molecule has 5 aromatic carbocycles. The number of benzene rings is 5. The number of guanidine groups is 1. The van der Waals surface area contributed by atoms with Crippen LogP contribution in [0.1, 0.15) is 60.4 Å². The van der Waals surface area contributed by atoms with Crippen LogP contribution in [-0.4, -0.2) is 140 Å². The van der Waals surface area contributed by atoms with Gasteiger partial charge < -0.3 is 80.5 Å². The third-order valence-electron chi connectivity index (χ3n) is 14.1. The van der Waals surface area contributed by atoms with Crippen molar-refractivity contribution in [1.82, 2.24) is 42.2 Å². The summed E-state index contributed by atoms with van der Waals surface area (Å²) >= 11 is 0. The lowest BCUT2D eigenvalue weighted by Crippen LogP contribution is -2.62. The van der Waals surface area contributed by atoms with Crippen LogP contribution in [0, 0.1) is 0 Å². The summed E-state index contributed by atoms with van der Waals surface area (Å²) in [5, 5.41) is 50.0. The number of carbonyl (C=O) groups is 9. The first-order valence-electron chi connectivity index (χ1n) is 28.2. The number of aromatic hydroxyl groups is 1. The van der Waals surface area contributed by atoms with Crippen LogP contribution in [0.2, 0.25) is 0 Å². The fraction of sp³-hybridized carbons (Fsp3) is 0.323. The molecule has 0 aliphatic carbocycles. The topological polar surface area (TPSA) is 431 Å². The van der Waals surface area contributed by atoms with Crippen molar-refractivity contribution in [3.8, 4) is 5.75 Å². The van der Waals surface area contributed by atoms with Gasteiger partial charge in [-0.1, -0.05) is 121 Å². The maximum atomic E-state index is 14.7. The van der Waals surface area contributed by atoms with Gasteiger partial charge in [-0.3, -0.25) is 43.3 Å². The van der Waals surface area contributed by atoms with Gasteiger partial charge in [-0.05, 0) is 78.6 Å². The average molecular weight is 1190 g/mol. The van der Waals surface area contributed by atoms with Crippen molar-refractivity contribution >= 4 is 70.1 Å². The number of nitrogens with one attached hydrogen (secondary N) is 8. The first kappa shape index (κ1) is 66.0. The summed E-state index contributed by atoms with van der Waals surface area (Å²) in [6.07, 6.45) is -1.50. The molecule has 25 nitrogen and oxygen atoms in total. The molecule has 1 aromatic heterocycles. The quantitative estimate of drug-likeness (QED) is 0.0145. The molecule has 0 saturated heterocycles. The van der Waals surface area contributed by atoms with Crippen LogP contribution in [0.3, 0.4) is 0 Å². The molecule has 0 radical (unpaired) electrons. The van der Waals surface area contributed by atoms with E-state index < -0.39 is 121 Å². The Hall–Kier alpha value is -10.1. The van der Waals surface area contributed by atoms with Crippen molar-refractivity contribution in [2.24, 2.45) is 27.9 Å². The summed E-state index contributed by atoms with van der Waals surface area (Å²) in [5.41, 5.74) is 26.7. The standard InChI is InChI=1S/C62H75N13O12/c1-36(76)53(75-59(84)50(34-41-35-68-45-21-12-11-20-43(41)45)73-57(82)48(31-37-14-5-2-6-15-37)71-54(79)44(63)30-40-23-25-42(77)26-24-40)60(85)70-47(27-28-52(64)78)56(81)69-46(22-13-29-67-62(65)66)55(80)72-49(32-38-16-7-3-8-17-38)58(83)74-51(61(86)87)33-39-18-9-4-10-19-39/h2-12,14-21,23-26,35-36,44,46-51,53,68,76-77H,13,22,27-34,63H2,1H3,(H2,64,78)(H,69,81)(H,70,85)(H,71,79)(H,72,80)(H,73,82)(H,74,83)(H,75,84)(H,86,87)(H4,65,66,67)/t36-,44+,46+,47+,48+,49+,50+,51+,53+/m1/s1. The minimum absolute atomic E-state index is 0.0160. The Morgan fingerprint density at radius 2 is 0.920 bits per heavy atom. The molecule has 0 aliphatic rings. The van der Waals surface area contributed by atoms with E-state index >= 15 is 0 Å². The Bertz CT molecular complexity index is 3330. The molecule has 6 aromatic rings. The summed E-state index contributed by atoms with van der Waals surface area (Å²) < 4.78 is 0. The second-order valence-electron chi connectivity index (χ2n) is 21.0. The van der Waals surface area contributed by atoms with E-state index in [1.165, 1.54) is 19.1 Å². The highest BCUT2D eigenvalue weighted by Gasteiger charge is 2.36. The highest BCUT2D eigenvalue weighted by molar-refractivity contribution is 5.98. The number of fused-ring (bicyclic) bond motifs is 1. The van der Waals surface area contributed by atoms with E-state index in [1.807, 2.05) is 0 Å². The minimum atomic E-state index is -1.85. The molecule has 6 rings (SSSR count). The summed E-state index contributed by atoms with van der Waals surface area (Å²) in [4.78, 5) is 132. The van der Waals surface area contributed by atoms with E-state index in [4.69, 9.17) is 22.9 Å². The smallest absolute Gasteiger partial charge is 0.326 e. The second-order valence-corrected chi connectivity index (χ2v) is 21.0. The van der Waals surface area contributed by atoms with Gasteiger partial charge in [0.25, 0.3) is 0 Å². The number of hydrogen-bond donors (Lipinski definition) is 15. The molecule has 0 saturated carbocycles. The van der Waals surface area contributed by atoms with Crippen molar-refractivity contribution < 1.29 is 58.5 Å². The van der Waals surface area contributed by atoms with Crippen LogP contribution in [0.4, 0.5) is 0 Å². The molecule has 0 bridgehead atoms. The van der Waals surface area contributed by atoms with Gasteiger partial charge in [0, 0.05) is 55.7 Å². The van der Waals surface area contributed by atoms with Gasteiger partial charge >= 0.3 is 5.97 Å². The molecule has 0 aliphatic heterocycles. The number of aliphatic carboxylic acids is 1. The van der Waals surface area contributed by atoms with Crippen LogP contribution in [0.15, 0.2) is 151 Å². The molecule has 1 heterocycles. The number of amides is 8. The first-order chi connectivity index (χ1) is 41.6. The number of phenolic OH excluding ortho intramolecular Hbond substituents is 1. The maximum absolute atomic E-state index is 14.7. The predicted molar refractivity (Wildman–Crippen MR) is 323 cm³/mol. The number of carbonyl (C=O) groups excluding carboxylic acids is 8. The number of rotatable bonds is 33. The lowest BCUT2D eigenvalue weighted by molar-refractivity contribution is -0.142. The molecule has 25 heteroatoms. The number of aromatic amines is 1. The SMILES string of the molecule is C[C@@H](O)[C@H](NC(=O)[C@H](Cc1c[nH]c2ccccc12)NC(=O)[C@H](Cc1ccccc1)NC(=O)[C@@H](N)Cc1ccc(O)cc1)C(=O)N[C@@H](CCC(N)=O)C(=O)N[C@@H](CCCN=C(N)N)C(=O)N[C@@H](Cc1ccccc1)C(=O)N[C@@H](Cc1ccccc1)C(=O)O. The normalized spacial score (nSPS) is 14.1. The number of aliphatic hydroxyl groups excluding tert-OH is 1. The van der Waals surface area contributed by atoms with Gasteiger partial charge in [-0.25, -0.2) is 4.79 Å². The van der Waals surface area contributed by atoms with Gasteiger partial charge in [-0.2, -0.15) is 0 Å². The van der Waals surface area contributed by atoms with E-state index in [0.717, 1.165) is 0 Å². The minimum Gasteiger partial charge on any atom is -0.508 e. The number of phenols is 1. The molecule has 0 spiro atoms. The number of para-hydroxylation sites is 1. The first-order valence-corrected chi connectivity index (χ1v) is 28.2. The average Bonchev–Trinajstić information content (AvgIpc) is 3.82. The summed E-state index contributed by atoms with van der Waals surface area (Å²) in [5.74, 6) is -8.92. The molecular formula is C62H75N13O12. The number of nitrogens with two attached hydrogens (primary N) is 4. The third kappa shape index (κ3) is 21.2. The summed E-state index contributed by atoms with van der Waals surface area (Å²) in [7, 11) is 0. The summed E-state index contributed by atoms with van der Waals surface area (Å²) in [6, 6.07) is 27.3. The molecule has 19 N–H and O–H groups in total. The van der Waals surface area contributed by atoms with Gasteiger partial charge in [0.1, 0.15) is 48.0 Å². The van der Waals surface area contributed by atoms with E-state index in [1.54, 1.807) is 134 Å². The number of nitrogens with zero attached hydrogens (tertiary/aromatic N) is 1. The Morgan fingerprint density at radius 3 is 1.44 bits per heavy atom. The van der Waals surface area contributed by atoms with Crippen LogP contribution < -0.4 is 60.2 Å². The lowest BCUT2D eigenvalue weighted by atomic mass is 10.0. The molecule has 0 unspecified atom stereocenters. The maximum Gasteiger partial charge on any atom is 0.326 e. The number of primary amides is 1. The molecule has 0 fully saturated rings. The number of H-pyrrole nitrogens is 1. The fourth-order valence-corrected chi connectivity index (χ4v) is 9.49. The van der Waals surface area contributed by atoms with Gasteiger partial charge in [0.15, 0.2) is 5.96 Å². The second kappa shape index (κ2) is 32.8. The van der Waals surface area contributed by atoms with Gasteiger partial charge in [0.2, 0.25) is 47.3 Å². The zero-order chi connectivity index (χ0) is 63.0. The van der Waals surface area contributed by atoms with E-state index in [0.29, 0.717) is 38.7 Å². The van der Waals surface area contributed by atoms with Crippen molar-refractivity contribution in [1.29, 1.82) is 0 Å². The Labute approximate surface area is 501 Å². The predicted octanol–water partition coefficient (Wildman–Crippen LogP) is -0.108. The molecule has 460 valence electrons. The molecule has 8 amide bonds. The molecule has 87 heavy (non-hydrogen) atoms. The van der Waals surface area contributed by atoms with E-state index in [-0.39, 0.29) is 63.2 Å². The zero-order valence-electron chi connectivity index (χ0n) is 47.9. The largest absolute Gasteiger partial charge is 0.508 e. The van der Waals surface area contributed by atoms with Crippen molar-refractivity contribution in [2.45, 2.75) is 119 Å². The van der Waals surface area contributed by atoms with Crippen LogP contribution in [0.5, 0.6) is 5.75 Å². The lowest BCUT2D eigenvalue weighted by Gasteiger charge is -2.29. The van der Waals surface area contributed by atoms with Crippen LogP contribution in [-0.2, 0) is 75.3 Å². The van der Waals surface area contributed by atoms with Crippen molar-refractivity contribution in [3.05, 3.63) is 174 Å². The van der Waals surface area contributed by atoms with Crippen LogP contribution >= 0.6 is 0 Å². The van der Waals surface area contributed by atoms with Gasteiger partial charge in [-0.15, -0.1) is 0 Å². The monoisotopic (exact) mass is 1190 g/mol. The fourth-order valence-electron chi connectivity index (χ4n) is 9.49. The Kier molecular flexibility index (Phi) is 24.9. The molecular weight excluding hydrogens is 1120 g/mol. The number of carboxylic acids is 1.